The third kappa shape index (κ3) is 2.66. The Hall–Kier alpha value is -1.75. The summed E-state index contributed by atoms with van der Waals surface area (Å²) in [5, 5.41) is 0. The minimum absolute atomic E-state index is 0.254. The molecule has 5 nitrogen and oxygen atoms in total. The fourth-order valence-electron chi connectivity index (χ4n) is 1.92. The Balaban J connectivity index is 2.10. The number of esters is 1. The van der Waals surface area contributed by atoms with Crippen LogP contribution in [0.25, 0.3) is 0 Å². The van der Waals surface area contributed by atoms with E-state index in [9.17, 15) is 4.79 Å². The Bertz CT molecular complexity index is 484. The van der Waals surface area contributed by atoms with Crippen LogP contribution in [0.2, 0.25) is 0 Å². The lowest BCUT2D eigenvalue weighted by Gasteiger charge is -2.32. The summed E-state index contributed by atoms with van der Waals surface area (Å²) >= 11 is 0. The molecule has 0 N–H and O–H groups in total. The third-order valence-electron chi connectivity index (χ3n) is 3.50. The summed E-state index contributed by atoms with van der Waals surface area (Å²) in [6.07, 6.45) is 0. The lowest BCUT2D eigenvalue weighted by molar-refractivity contribution is -0.152. The van der Waals surface area contributed by atoms with E-state index < -0.39 is 5.54 Å². The van der Waals surface area contributed by atoms with Crippen molar-refractivity contribution in [2.75, 3.05) is 21.0 Å². The van der Waals surface area contributed by atoms with E-state index in [4.69, 9.17) is 14.2 Å². The number of benzene rings is 1. The lowest BCUT2D eigenvalue weighted by atomic mass is 10.0. The van der Waals surface area contributed by atoms with Crippen LogP contribution in [0, 0.1) is 0 Å². The number of carbonyl (C=O) groups is 1. The van der Waals surface area contributed by atoms with Gasteiger partial charge in [-0.3, -0.25) is 9.69 Å². The van der Waals surface area contributed by atoms with E-state index in [2.05, 4.69) is 0 Å². The first-order chi connectivity index (χ1) is 8.95. The number of methoxy groups -OCH3 is 1. The summed E-state index contributed by atoms with van der Waals surface area (Å²) in [7, 11) is 3.29. The zero-order valence-electron chi connectivity index (χ0n) is 11.7. The van der Waals surface area contributed by atoms with Gasteiger partial charge in [0, 0.05) is 6.54 Å². The number of fused-ring (bicyclic) bond motifs is 1. The maximum atomic E-state index is 11.7. The van der Waals surface area contributed by atoms with Gasteiger partial charge in [0.25, 0.3) is 0 Å². The van der Waals surface area contributed by atoms with Gasteiger partial charge in [-0.15, -0.1) is 0 Å². The molecule has 5 heteroatoms. The molecule has 2 rings (SSSR count). The van der Waals surface area contributed by atoms with Crippen molar-refractivity contribution >= 4 is 5.97 Å². The maximum Gasteiger partial charge on any atom is 0.325 e. The average Bonchev–Trinajstić information content (AvgIpc) is 2.84. The SMILES string of the molecule is COC(=O)C(C)(C)N(C)Cc1ccc2c(c1)OCO2. The van der Waals surface area contributed by atoms with Crippen LogP contribution in [0.5, 0.6) is 11.5 Å². The standard InChI is InChI=1S/C14H19NO4/c1-14(2,13(16)17-4)15(3)8-10-5-6-11-12(7-10)19-9-18-11/h5-7H,8-9H2,1-4H3. The maximum absolute atomic E-state index is 11.7. The van der Waals surface area contributed by atoms with Crippen LogP contribution in [0.15, 0.2) is 18.2 Å². The van der Waals surface area contributed by atoms with Gasteiger partial charge in [-0.05, 0) is 38.6 Å². The molecule has 0 bridgehead atoms. The van der Waals surface area contributed by atoms with Crippen LogP contribution in [0.4, 0.5) is 0 Å². The molecule has 0 atom stereocenters. The van der Waals surface area contributed by atoms with Crippen molar-refractivity contribution in [1.82, 2.24) is 4.90 Å². The van der Waals surface area contributed by atoms with Gasteiger partial charge >= 0.3 is 5.97 Å². The Morgan fingerprint density at radius 3 is 2.74 bits per heavy atom. The summed E-state index contributed by atoms with van der Waals surface area (Å²) < 4.78 is 15.4. The van der Waals surface area contributed by atoms with E-state index in [0.717, 1.165) is 17.1 Å². The van der Waals surface area contributed by atoms with E-state index in [1.54, 1.807) is 0 Å². The predicted molar refractivity (Wildman–Crippen MR) is 70.1 cm³/mol. The Morgan fingerprint density at radius 1 is 1.37 bits per heavy atom. The van der Waals surface area contributed by atoms with Crippen molar-refractivity contribution in [2.45, 2.75) is 25.9 Å². The molecule has 0 unspecified atom stereocenters. The zero-order chi connectivity index (χ0) is 14.0. The van der Waals surface area contributed by atoms with Crippen LogP contribution in [0.3, 0.4) is 0 Å². The molecular formula is C14H19NO4. The lowest BCUT2D eigenvalue weighted by Crippen LogP contribution is -2.48. The molecule has 19 heavy (non-hydrogen) atoms. The molecule has 0 spiro atoms. The minimum Gasteiger partial charge on any atom is -0.468 e. The highest BCUT2D eigenvalue weighted by Gasteiger charge is 2.33. The molecule has 1 aromatic carbocycles. The normalized spacial score (nSPS) is 13.7. The van der Waals surface area contributed by atoms with E-state index in [1.165, 1.54) is 7.11 Å². The molecule has 0 saturated heterocycles. The second-order valence-electron chi connectivity index (χ2n) is 5.09. The molecule has 1 aromatic rings. The number of carbonyl (C=O) groups excluding carboxylic acids is 1. The first-order valence-corrected chi connectivity index (χ1v) is 6.13. The van der Waals surface area contributed by atoms with Gasteiger partial charge in [-0.25, -0.2) is 0 Å². The van der Waals surface area contributed by atoms with E-state index in [1.807, 2.05) is 44.0 Å². The number of likely N-dealkylation sites (N-methyl/N-ethyl adjacent to an activating group) is 1. The molecule has 104 valence electrons. The highest BCUT2D eigenvalue weighted by Crippen LogP contribution is 2.33. The van der Waals surface area contributed by atoms with Crippen LogP contribution in [-0.2, 0) is 16.1 Å². The minimum atomic E-state index is -0.675. The van der Waals surface area contributed by atoms with Crippen molar-refractivity contribution in [2.24, 2.45) is 0 Å². The second kappa shape index (κ2) is 5.09. The largest absolute Gasteiger partial charge is 0.468 e. The highest BCUT2D eigenvalue weighted by atomic mass is 16.7. The molecule has 0 saturated carbocycles. The van der Waals surface area contributed by atoms with E-state index >= 15 is 0 Å². The summed E-state index contributed by atoms with van der Waals surface area (Å²) in [5.74, 6) is 1.26. The molecule has 0 aromatic heterocycles. The van der Waals surface area contributed by atoms with Crippen molar-refractivity contribution in [3.05, 3.63) is 23.8 Å². The van der Waals surface area contributed by atoms with Gasteiger partial charge < -0.3 is 14.2 Å². The molecule has 0 radical (unpaired) electrons. The Labute approximate surface area is 113 Å². The highest BCUT2D eigenvalue weighted by molar-refractivity contribution is 5.79. The number of hydrogen-bond donors (Lipinski definition) is 0. The molecule has 0 fully saturated rings. The summed E-state index contributed by atoms with van der Waals surface area (Å²) in [5.41, 5.74) is 0.384. The van der Waals surface area contributed by atoms with Gasteiger partial charge in [0.15, 0.2) is 11.5 Å². The topological polar surface area (TPSA) is 48.0 Å². The van der Waals surface area contributed by atoms with Gasteiger partial charge in [0.05, 0.1) is 7.11 Å². The summed E-state index contributed by atoms with van der Waals surface area (Å²) in [6, 6.07) is 5.79. The number of hydrogen-bond acceptors (Lipinski definition) is 5. The van der Waals surface area contributed by atoms with Crippen LogP contribution >= 0.6 is 0 Å². The second-order valence-corrected chi connectivity index (χ2v) is 5.09. The van der Waals surface area contributed by atoms with Gasteiger partial charge in [0.2, 0.25) is 6.79 Å². The average molecular weight is 265 g/mol. The number of nitrogens with zero attached hydrogens (tertiary/aromatic N) is 1. The van der Waals surface area contributed by atoms with E-state index in [-0.39, 0.29) is 12.8 Å². The monoisotopic (exact) mass is 265 g/mol. The van der Waals surface area contributed by atoms with E-state index in [0.29, 0.717) is 6.54 Å². The first kappa shape index (κ1) is 13.7. The fourth-order valence-corrected chi connectivity index (χ4v) is 1.92. The smallest absolute Gasteiger partial charge is 0.325 e. The van der Waals surface area contributed by atoms with Gasteiger partial charge in [-0.2, -0.15) is 0 Å². The fraction of sp³-hybridized carbons (Fsp3) is 0.500. The summed E-state index contributed by atoms with van der Waals surface area (Å²) in [6.45, 7) is 4.57. The zero-order valence-corrected chi connectivity index (χ0v) is 11.7. The van der Waals surface area contributed by atoms with Gasteiger partial charge in [0.1, 0.15) is 5.54 Å². The van der Waals surface area contributed by atoms with Crippen molar-refractivity contribution in [1.29, 1.82) is 0 Å². The van der Waals surface area contributed by atoms with Crippen LogP contribution in [-0.4, -0.2) is 37.4 Å². The first-order valence-electron chi connectivity index (χ1n) is 6.13. The Kier molecular flexibility index (Phi) is 3.66. The van der Waals surface area contributed by atoms with Crippen molar-refractivity contribution in [3.63, 3.8) is 0 Å². The number of rotatable bonds is 4. The quantitative estimate of drug-likeness (QED) is 0.777. The molecule has 1 aliphatic rings. The van der Waals surface area contributed by atoms with Gasteiger partial charge in [-0.1, -0.05) is 6.07 Å². The third-order valence-corrected chi connectivity index (χ3v) is 3.50. The summed E-state index contributed by atoms with van der Waals surface area (Å²) in [4.78, 5) is 13.7. The Morgan fingerprint density at radius 2 is 2.05 bits per heavy atom. The van der Waals surface area contributed by atoms with Crippen molar-refractivity contribution < 1.29 is 19.0 Å². The van der Waals surface area contributed by atoms with Crippen LogP contribution in [0.1, 0.15) is 19.4 Å². The number of ether oxygens (including phenoxy) is 3. The molecule has 0 aliphatic carbocycles. The molecule has 1 heterocycles. The van der Waals surface area contributed by atoms with Crippen molar-refractivity contribution in [3.8, 4) is 11.5 Å². The van der Waals surface area contributed by atoms with Crippen LogP contribution < -0.4 is 9.47 Å². The molecule has 0 amide bonds. The molecular weight excluding hydrogens is 246 g/mol. The predicted octanol–water partition coefficient (Wildman–Crippen LogP) is 1.80. The molecule has 1 aliphatic heterocycles.